The summed E-state index contributed by atoms with van der Waals surface area (Å²) in [6.45, 7) is 0. The number of rotatable bonds is 6. The lowest BCUT2D eigenvalue weighted by atomic mass is 10.1. The molecule has 0 aliphatic carbocycles. The summed E-state index contributed by atoms with van der Waals surface area (Å²) in [6, 6.07) is 16.8. The Kier molecular flexibility index (Phi) is 5.58. The Morgan fingerprint density at radius 3 is 2.43 bits per heavy atom. The largest absolute Gasteiger partial charge is 0.478 e. The molecule has 1 N–H and O–H groups in total. The third kappa shape index (κ3) is 5.08. The van der Waals surface area contributed by atoms with E-state index in [0.29, 0.717) is 12.2 Å². The average molecular weight is 347 g/mol. The zero-order valence-electron chi connectivity index (χ0n) is 11.3. The molecule has 0 aliphatic rings. The molecule has 0 fully saturated rings. The predicted octanol–water partition coefficient (Wildman–Crippen LogP) is 4.38. The van der Waals surface area contributed by atoms with Crippen LogP contribution < -0.4 is 4.74 Å². The molecule has 0 saturated heterocycles. The Hall–Kier alpha value is -2.07. The highest BCUT2D eigenvalue weighted by Crippen LogP contribution is 2.18. The molecule has 3 nitrogen and oxygen atoms in total. The normalized spacial score (nSPS) is 12.2. The first-order valence-electron chi connectivity index (χ1n) is 6.52. The molecule has 0 aliphatic heterocycles. The zero-order valence-corrected chi connectivity index (χ0v) is 12.9. The molecule has 0 spiro atoms. The van der Waals surface area contributed by atoms with Gasteiger partial charge in [-0.3, -0.25) is 0 Å². The van der Waals surface area contributed by atoms with E-state index in [1.165, 1.54) is 0 Å². The van der Waals surface area contributed by atoms with Crippen LogP contribution >= 0.6 is 15.9 Å². The van der Waals surface area contributed by atoms with E-state index in [1.54, 1.807) is 12.1 Å². The molecule has 0 radical (unpaired) electrons. The van der Waals surface area contributed by atoms with E-state index in [-0.39, 0.29) is 0 Å². The minimum absolute atomic E-state index is 0.306. The van der Waals surface area contributed by atoms with Gasteiger partial charge in [0.2, 0.25) is 0 Å². The van der Waals surface area contributed by atoms with E-state index in [0.717, 1.165) is 10.0 Å². The summed E-state index contributed by atoms with van der Waals surface area (Å²) in [5.41, 5.74) is 1.03. The van der Waals surface area contributed by atoms with E-state index in [4.69, 9.17) is 4.74 Å². The average Bonchev–Trinajstić information content (AvgIpc) is 2.49. The molecular formula is C17H15BrO3. The van der Waals surface area contributed by atoms with E-state index in [9.17, 15) is 9.90 Å². The van der Waals surface area contributed by atoms with E-state index < -0.39 is 12.1 Å². The Bertz CT molecular complexity index is 606. The van der Waals surface area contributed by atoms with Gasteiger partial charge in [-0.2, -0.15) is 0 Å². The second kappa shape index (κ2) is 7.64. The van der Waals surface area contributed by atoms with Crippen LogP contribution in [0.3, 0.4) is 0 Å². The van der Waals surface area contributed by atoms with Gasteiger partial charge in [0.05, 0.1) is 0 Å². The third-order valence-corrected chi connectivity index (χ3v) is 3.36. The van der Waals surface area contributed by atoms with Gasteiger partial charge in [0.1, 0.15) is 5.75 Å². The van der Waals surface area contributed by atoms with Crippen molar-refractivity contribution in [2.75, 3.05) is 0 Å². The number of hydrogen-bond donors (Lipinski definition) is 1. The molecule has 0 aromatic heterocycles. The minimum Gasteiger partial charge on any atom is -0.478 e. The lowest BCUT2D eigenvalue weighted by molar-refractivity contribution is -0.144. The quantitative estimate of drug-likeness (QED) is 0.843. The number of carboxylic acids is 1. The maximum absolute atomic E-state index is 11.2. The smallest absolute Gasteiger partial charge is 0.345 e. The van der Waals surface area contributed by atoms with Gasteiger partial charge in [0, 0.05) is 10.9 Å². The SMILES string of the molecule is O=C(O)[C@@H](C/C=C/c1ccccc1)Oc1ccc(Br)cc1. The maximum atomic E-state index is 11.2. The van der Waals surface area contributed by atoms with Gasteiger partial charge in [-0.25, -0.2) is 4.79 Å². The Morgan fingerprint density at radius 1 is 1.14 bits per heavy atom. The molecule has 21 heavy (non-hydrogen) atoms. The van der Waals surface area contributed by atoms with Crippen molar-refractivity contribution < 1.29 is 14.6 Å². The van der Waals surface area contributed by atoms with Gasteiger partial charge in [-0.05, 0) is 29.8 Å². The summed E-state index contributed by atoms with van der Waals surface area (Å²) in [4.78, 5) is 11.2. The van der Waals surface area contributed by atoms with E-state index in [2.05, 4.69) is 15.9 Å². The molecule has 0 amide bonds. The highest BCUT2D eigenvalue weighted by atomic mass is 79.9. The second-order valence-corrected chi connectivity index (χ2v) is 5.36. The van der Waals surface area contributed by atoms with Crippen LogP contribution in [-0.4, -0.2) is 17.2 Å². The molecule has 108 valence electrons. The topological polar surface area (TPSA) is 46.5 Å². The van der Waals surface area contributed by atoms with Crippen molar-refractivity contribution in [3.63, 3.8) is 0 Å². The standard InChI is InChI=1S/C17H15BrO3/c18-14-9-11-15(12-10-14)21-16(17(19)20)8-4-7-13-5-2-1-3-6-13/h1-7,9-12,16H,8H2,(H,19,20)/b7-4+/t16-/m1/s1. The summed E-state index contributed by atoms with van der Waals surface area (Å²) in [6.07, 6.45) is 3.11. The monoisotopic (exact) mass is 346 g/mol. The van der Waals surface area contributed by atoms with Crippen molar-refractivity contribution in [1.82, 2.24) is 0 Å². The lowest BCUT2D eigenvalue weighted by Gasteiger charge is -2.13. The lowest BCUT2D eigenvalue weighted by Crippen LogP contribution is -2.26. The van der Waals surface area contributed by atoms with Crippen LogP contribution in [0.5, 0.6) is 5.75 Å². The van der Waals surface area contributed by atoms with E-state index in [1.807, 2.05) is 54.6 Å². The molecule has 0 bridgehead atoms. The van der Waals surface area contributed by atoms with Crippen molar-refractivity contribution in [3.8, 4) is 5.75 Å². The zero-order chi connectivity index (χ0) is 15.1. The first kappa shape index (κ1) is 15.3. The molecule has 0 saturated carbocycles. The van der Waals surface area contributed by atoms with Gasteiger partial charge in [-0.15, -0.1) is 0 Å². The second-order valence-electron chi connectivity index (χ2n) is 4.45. The molecule has 0 heterocycles. The van der Waals surface area contributed by atoms with Crippen molar-refractivity contribution in [3.05, 3.63) is 70.7 Å². The summed E-state index contributed by atoms with van der Waals surface area (Å²) in [5, 5.41) is 9.22. The number of ether oxygens (including phenoxy) is 1. The first-order valence-corrected chi connectivity index (χ1v) is 7.31. The van der Waals surface area contributed by atoms with Crippen molar-refractivity contribution >= 4 is 28.0 Å². The minimum atomic E-state index is -0.976. The Labute approximate surface area is 132 Å². The summed E-state index contributed by atoms with van der Waals surface area (Å²) >= 11 is 3.33. The Morgan fingerprint density at radius 2 is 1.81 bits per heavy atom. The molecule has 2 aromatic carbocycles. The fourth-order valence-corrected chi connectivity index (χ4v) is 2.03. The van der Waals surface area contributed by atoms with Crippen LogP contribution in [-0.2, 0) is 4.79 Å². The maximum Gasteiger partial charge on any atom is 0.345 e. The van der Waals surface area contributed by atoms with Crippen LogP contribution in [0.15, 0.2) is 65.1 Å². The van der Waals surface area contributed by atoms with Crippen LogP contribution in [0.25, 0.3) is 6.08 Å². The van der Waals surface area contributed by atoms with E-state index >= 15 is 0 Å². The summed E-state index contributed by atoms with van der Waals surface area (Å²) < 4.78 is 6.42. The van der Waals surface area contributed by atoms with Crippen molar-refractivity contribution in [2.24, 2.45) is 0 Å². The van der Waals surface area contributed by atoms with Crippen LogP contribution in [0, 0.1) is 0 Å². The summed E-state index contributed by atoms with van der Waals surface area (Å²) in [5.74, 6) is -0.436. The summed E-state index contributed by atoms with van der Waals surface area (Å²) in [7, 11) is 0. The van der Waals surface area contributed by atoms with Gasteiger partial charge < -0.3 is 9.84 Å². The first-order chi connectivity index (χ1) is 10.1. The fraction of sp³-hybridized carbons (Fsp3) is 0.118. The van der Waals surface area contributed by atoms with Gasteiger partial charge in [-0.1, -0.05) is 58.4 Å². The molecule has 2 rings (SSSR count). The highest BCUT2D eigenvalue weighted by molar-refractivity contribution is 9.10. The van der Waals surface area contributed by atoms with Crippen LogP contribution in [0.1, 0.15) is 12.0 Å². The number of aliphatic carboxylic acids is 1. The molecule has 1 atom stereocenters. The molecule has 0 unspecified atom stereocenters. The molecular weight excluding hydrogens is 332 g/mol. The van der Waals surface area contributed by atoms with Crippen molar-refractivity contribution in [2.45, 2.75) is 12.5 Å². The fourth-order valence-electron chi connectivity index (χ4n) is 1.77. The van der Waals surface area contributed by atoms with Crippen LogP contribution in [0.2, 0.25) is 0 Å². The highest BCUT2D eigenvalue weighted by Gasteiger charge is 2.17. The van der Waals surface area contributed by atoms with Gasteiger partial charge in [0.25, 0.3) is 0 Å². The predicted molar refractivity (Wildman–Crippen MR) is 86.3 cm³/mol. The third-order valence-electron chi connectivity index (χ3n) is 2.83. The number of carbonyl (C=O) groups is 1. The molecule has 2 aromatic rings. The van der Waals surface area contributed by atoms with Gasteiger partial charge >= 0.3 is 5.97 Å². The Balaban J connectivity index is 1.98. The van der Waals surface area contributed by atoms with Crippen LogP contribution in [0.4, 0.5) is 0 Å². The number of halogens is 1. The number of benzene rings is 2. The van der Waals surface area contributed by atoms with Crippen molar-refractivity contribution in [1.29, 1.82) is 0 Å². The van der Waals surface area contributed by atoms with Gasteiger partial charge in [0.15, 0.2) is 6.10 Å². The number of carboxylic acid groups (broad SMARTS) is 1. The number of hydrogen-bond acceptors (Lipinski definition) is 2. The molecule has 4 heteroatoms.